The third kappa shape index (κ3) is 6.01. The van der Waals surface area contributed by atoms with Crippen LogP contribution in [0.3, 0.4) is 0 Å². The molecule has 1 aromatic rings. The minimum atomic E-state index is 0.452. The second kappa shape index (κ2) is 9.00. The van der Waals surface area contributed by atoms with Gasteiger partial charge in [0.25, 0.3) is 0 Å². The Bertz CT molecular complexity index is 477. The van der Waals surface area contributed by atoms with Crippen molar-refractivity contribution in [2.45, 2.75) is 52.9 Å². The van der Waals surface area contributed by atoms with Gasteiger partial charge in [-0.05, 0) is 53.1 Å². The van der Waals surface area contributed by atoms with E-state index in [1.165, 1.54) is 22.9 Å². The lowest BCUT2D eigenvalue weighted by atomic mass is 9.92. The first-order valence-electron chi connectivity index (χ1n) is 7.73. The molecule has 0 bridgehead atoms. The van der Waals surface area contributed by atoms with Crippen LogP contribution in [0.4, 0.5) is 0 Å². The molecule has 3 heteroatoms. The Morgan fingerprint density at radius 2 is 1.90 bits per heavy atom. The quantitative estimate of drug-likeness (QED) is 0.466. The van der Waals surface area contributed by atoms with E-state index < -0.39 is 0 Å². The van der Waals surface area contributed by atoms with Crippen molar-refractivity contribution in [2.75, 3.05) is 12.4 Å². The molecule has 116 valence electrons. The van der Waals surface area contributed by atoms with Crippen molar-refractivity contribution in [2.24, 2.45) is 5.92 Å². The van der Waals surface area contributed by atoms with Gasteiger partial charge in [0.15, 0.2) is 0 Å². The van der Waals surface area contributed by atoms with Crippen molar-refractivity contribution >= 4 is 11.8 Å². The highest BCUT2D eigenvalue weighted by Gasteiger charge is 2.13. The van der Waals surface area contributed by atoms with Crippen LogP contribution in [0.2, 0.25) is 0 Å². The zero-order valence-corrected chi connectivity index (χ0v) is 14.7. The number of benzene rings is 1. The van der Waals surface area contributed by atoms with Crippen LogP contribution in [0, 0.1) is 16.6 Å². The topological polar surface area (TPSA) is 33.0 Å². The molecule has 0 saturated carbocycles. The summed E-state index contributed by atoms with van der Waals surface area (Å²) in [7, 11) is 0. The number of ether oxygens (including phenoxy) is 1. The third-order valence-electron chi connectivity index (χ3n) is 3.51. The number of thiocyanates is 1. The zero-order chi connectivity index (χ0) is 15.8. The van der Waals surface area contributed by atoms with Gasteiger partial charge in [-0.2, -0.15) is 5.26 Å². The summed E-state index contributed by atoms with van der Waals surface area (Å²) >= 11 is 1.34. The van der Waals surface area contributed by atoms with Gasteiger partial charge in [0.1, 0.15) is 11.2 Å². The van der Waals surface area contributed by atoms with Crippen LogP contribution < -0.4 is 4.74 Å². The molecular formula is C18H27NOS. The van der Waals surface area contributed by atoms with Crippen molar-refractivity contribution in [1.29, 1.82) is 5.26 Å². The van der Waals surface area contributed by atoms with Crippen molar-refractivity contribution in [3.8, 4) is 11.2 Å². The standard InChI is InChI=1S/C18H27NOS/c1-13(2)11-20-18-7-6-16(10-17(18)14(3)4)15(5)8-9-21-12-19/h6-7,10,13-15H,8-9,11H2,1-5H3. The summed E-state index contributed by atoms with van der Waals surface area (Å²) in [6.45, 7) is 11.7. The Kier molecular flexibility index (Phi) is 7.67. The van der Waals surface area contributed by atoms with Gasteiger partial charge in [-0.1, -0.05) is 46.8 Å². The lowest BCUT2D eigenvalue weighted by molar-refractivity contribution is 0.267. The van der Waals surface area contributed by atoms with Crippen molar-refractivity contribution < 1.29 is 4.74 Å². The smallest absolute Gasteiger partial charge is 0.133 e. The molecule has 0 aliphatic rings. The summed E-state index contributed by atoms with van der Waals surface area (Å²) in [5.74, 6) is 3.36. The predicted molar refractivity (Wildman–Crippen MR) is 92.0 cm³/mol. The molecule has 21 heavy (non-hydrogen) atoms. The molecular weight excluding hydrogens is 278 g/mol. The molecule has 0 N–H and O–H groups in total. The van der Waals surface area contributed by atoms with E-state index in [-0.39, 0.29) is 0 Å². The average molecular weight is 305 g/mol. The summed E-state index contributed by atoms with van der Waals surface area (Å²) < 4.78 is 5.95. The fourth-order valence-electron chi connectivity index (χ4n) is 2.16. The molecule has 0 aliphatic heterocycles. The Hall–Kier alpha value is -1.14. The van der Waals surface area contributed by atoms with Gasteiger partial charge in [0, 0.05) is 5.75 Å². The molecule has 1 unspecified atom stereocenters. The van der Waals surface area contributed by atoms with Crippen molar-refractivity contribution in [3.05, 3.63) is 29.3 Å². The van der Waals surface area contributed by atoms with Crippen LogP contribution in [0.25, 0.3) is 0 Å². The van der Waals surface area contributed by atoms with Crippen LogP contribution >= 0.6 is 11.8 Å². The summed E-state index contributed by atoms with van der Waals surface area (Å²) in [4.78, 5) is 0. The number of nitriles is 1. The van der Waals surface area contributed by atoms with Crippen molar-refractivity contribution in [1.82, 2.24) is 0 Å². The lowest BCUT2D eigenvalue weighted by Crippen LogP contribution is -2.07. The first-order valence-corrected chi connectivity index (χ1v) is 8.71. The number of hydrogen-bond donors (Lipinski definition) is 0. The highest BCUT2D eigenvalue weighted by molar-refractivity contribution is 8.03. The molecule has 0 spiro atoms. The van der Waals surface area contributed by atoms with E-state index in [9.17, 15) is 0 Å². The third-order valence-corrected chi connectivity index (χ3v) is 4.08. The molecule has 2 nitrogen and oxygen atoms in total. The Morgan fingerprint density at radius 3 is 2.48 bits per heavy atom. The molecule has 0 radical (unpaired) electrons. The molecule has 0 amide bonds. The molecule has 0 saturated heterocycles. The number of nitrogens with zero attached hydrogens (tertiary/aromatic N) is 1. The Labute approximate surface area is 133 Å². The van der Waals surface area contributed by atoms with Crippen LogP contribution in [-0.2, 0) is 0 Å². The lowest BCUT2D eigenvalue weighted by Gasteiger charge is -2.19. The van der Waals surface area contributed by atoms with Gasteiger partial charge in [-0.3, -0.25) is 0 Å². The van der Waals surface area contributed by atoms with Crippen LogP contribution in [0.15, 0.2) is 18.2 Å². The summed E-state index contributed by atoms with van der Waals surface area (Å²) in [5.41, 5.74) is 2.63. The fraction of sp³-hybridized carbons (Fsp3) is 0.611. The predicted octanol–water partition coefficient (Wildman–Crippen LogP) is 5.55. The van der Waals surface area contributed by atoms with E-state index in [0.717, 1.165) is 24.5 Å². The van der Waals surface area contributed by atoms with Gasteiger partial charge in [-0.25, -0.2) is 0 Å². The maximum atomic E-state index is 8.60. The summed E-state index contributed by atoms with van der Waals surface area (Å²) in [5, 5.41) is 10.7. The zero-order valence-electron chi connectivity index (χ0n) is 13.8. The molecule has 1 atom stereocenters. The highest BCUT2D eigenvalue weighted by Crippen LogP contribution is 2.31. The average Bonchev–Trinajstić information content (AvgIpc) is 2.44. The van der Waals surface area contributed by atoms with Crippen LogP contribution in [0.1, 0.15) is 64.0 Å². The maximum Gasteiger partial charge on any atom is 0.133 e. The maximum absolute atomic E-state index is 8.60. The first kappa shape index (κ1) is 17.9. The van der Waals surface area contributed by atoms with E-state index in [2.05, 4.69) is 58.2 Å². The van der Waals surface area contributed by atoms with Gasteiger partial charge >= 0.3 is 0 Å². The first-order chi connectivity index (χ1) is 9.95. The Morgan fingerprint density at radius 1 is 1.19 bits per heavy atom. The minimum absolute atomic E-state index is 0.452. The van der Waals surface area contributed by atoms with E-state index in [4.69, 9.17) is 10.00 Å². The van der Waals surface area contributed by atoms with E-state index in [0.29, 0.717) is 17.8 Å². The van der Waals surface area contributed by atoms with Crippen LogP contribution in [0.5, 0.6) is 5.75 Å². The van der Waals surface area contributed by atoms with Gasteiger partial charge < -0.3 is 4.74 Å². The largest absolute Gasteiger partial charge is 0.493 e. The molecule has 0 aromatic heterocycles. The minimum Gasteiger partial charge on any atom is -0.493 e. The number of thioether (sulfide) groups is 1. The van der Waals surface area contributed by atoms with Gasteiger partial charge in [-0.15, -0.1) is 0 Å². The van der Waals surface area contributed by atoms with E-state index >= 15 is 0 Å². The monoisotopic (exact) mass is 305 g/mol. The second-order valence-corrected chi connectivity index (χ2v) is 7.17. The van der Waals surface area contributed by atoms with Crippen LogP contribution in [-0.4, -0.2) is 12.4 Å². The summed E-state index contributed by atoms with van der Waals surface area (Å²) in [6, 6.07) is 6.56. The van der Waals surface area contributed by atoms with Gasteiger partial charge in [0.05, 0.1) is 6.61 Å². The van der Waals surface area contributed by atoms with Gasteiger partial charge in [0.2, 0.25) is 0 Å². The number of hydrogen-bond acceptors (Lipinski definition) is 3. The summed E-state index contributed by atoms with van der Waals surface area (Å²) in [6.07, 6.45) is 1.03. The molecule has 0 heterocycles. The van der Waals surface area contributed by atoms with E-state index in [1.807, 2.05) is 0 Å². The van der Waals surface area contributed by atoms with E-state index in [1.54, 1.807) is 0 Å². The molecule has 1 rings (SSSR count). The molecule has 0 fully saturated rings. The highest BCUT2D eigenvalue weighted by atomic mass is 32.2. The SMILES string of the molecule is CC(C)COc1ccc(C(C)CCSC#N)cc1C(C)C. The molecule has 0 aliphatic carbocycles. The second-order valence-electron chi connectivity index (χ2n) is 6.29. The normalized spacial score (nSPS) is 12.5. The number of rotatable bonds is 8. The fourth-order valence-corrected chi connectivity index (χ4v) is 2.72. The molecule has 1 aromatic carbocycles. The van der Waals surface area contributed by atoms with Crippen molar-refractivity contribution in [3.63, 3.8) is 0 Å². The Balaban J connectivity index is 2.84.